The van der Waals surface area contributed by atoms with Crippen molar-refractivity contribution in [3.8, 4) is 11.5 Å². The van der Waals surface area contributed by atoms with Crippen LogP contribution in [-0.4, -0.2) is 35.4 Å². The molecule has 0 aliphatic carbocycles. The van der Waals surface area contributed by atoms with Gasteiger partial charge >= 0.3 is 5.24 Å². The summed E-state index contributed by atoms with van der Waals surface area (Å²) in [5.74, 6) is 1.29. The second kappa shape index (κ2) is 8.35. The lowest BCUT2D eigenvalue weighted by Gasteiger charge is -2.29. The molecule has 6 nitrogen and oxygen atoms in total. The van der Waals surface area contributed by atoms with Gasteiger partial charge in [-0.2, -0.15) is 5.10 Å². The van der Waals surface area contributed by atoms with Gasteiger partial charge in [-0.25, -0.2) is 5.01 Å². The molecule has 1 unspecified atom stereocenters. The predicted molar refractivity (Wildman–Crippen MR) is 110 cm³/mol. The van der Waals surface area contributed by atoms with Crippen LogP contribution in [0.4, 0.5) is 10.5 Å². The van der Waals surface area contributed by atoms with Crippen LogP contribution in [0.2, 0.25) is 0 Å². The number of nitrogen functional groups attached to an aromatic ring is 1. The van der Waals surface area contributed by atoms with Gasteiger partial charge in [0.05, 0.1) is 31.7 Å². The molecule has 1 amide bonds. The van der Waals surface area contributed by atoms with E-state index in [9.17, 15) is 4.79 Å². The highest BCUT2D eigenvalue weighted by Gasteiger charge is 2.30. The maximum atomic E-state index is 12.6. The minimum absolute atomic E-state index is 0.0139. The quantitative estimate of drug-likeness (QED) is 0.756. The number of thioether (sulfide) groups is 1. The van der Waals surface area contributed by atoms with Crippen molar-refractivity contribution in [2.45, 2.75) is 25.1 Å². The van der Waals surface area contributed by atoms with Crippen molar-refractivity contribution in [2.24, 2.45) is 5.10 Å². The van der Waals surface area contributed by atoms with Gasteiger partial charge in [-0.15, -0.1) is 0 Å². The van der Waals surface area contributed by atoms with Crippen LogP contribution in [0, 0.1) is 0 Å². The maximum Gasteiger partial charge on any atom is 0.302 e. The second-order valence-corrected chi connectivity index (χ2v) is 7.25. The molecule has 0 saturated carbocycles. The average molecular weight is 385 g/mol. The first kappa shape index (κ1) is 19.1. The zero-order chi connectivity index (χ0) is 19.4. The second-order valence-electron chi connectivity index (χ2n) is 6.09. The minimum atomic E-state index is -0.0747. The molecule has 2 aromatic carbocycles. The Bertz CT molecular complexity index is 869. The normalized spacial score (nSPS) is 16.9. The molecular weight excluding hydrogens is 362 g/mol. The van der Waals surface area contributed by atoms with E-state index in [1.165, 1.54) is 16.8 Å². The largest absolute Gasteiger partial charge is 0.493 e. The molecule has 2 aromatic rings. The SMILES string of the molecule is CCC1SC(=O)N(Cc2ccccc2N)N=C1c1ccc(OC)c(OC)c1. The molecule has 2 N–H and O–H groups in total. The summed E-state index contributed by atoms with van der Waals surface area (Å²) in [5.41, 5.74) is 9.30. The van der Waals surface area contributed by atoms with Gasteiger partial charge in [0.1, 0.15) is 0 Å². The van der Waals surface area contributed by atoms with E-state index in [0.29, 0.717) is 23.7 Å². The molecule has 7 heteroatoms. The van der Waals surface area contributed by atoms with Crippen LogP contribution in [0.1, 0.15) is 24.5 Å². The fourth-order valence-corrected chi connectivity index (χ4v) is 3.86. The van der Waals surface area contributed by atoms with Gasteiger partial charge in [0, 0.05) is 11.3 Å². The van der Waals surface area contributed by atoms with Crippen LogP contribution >= 0.6 is 11.8 Å². The lowest BCUT2D eigenvalue weighted by molar-refractivity contribution is 0.222. The summed E-state index contributed by atoms with van der Waals surface area (Å²) in [6.45, 7) is 2.39. The number of carbonyl (C=O) groups excluding carboxylic acids is 1. The third-order valence-electron chi connectivity index (χ3n) is 4.41. The Morgan fingerprint density at radius 3 is 2.56 bits per heavy atom. The highest BCUT2D eigenvalue weighted by molar-refractivity contribution is 8.14. The lowest BCUT2D eigenvalue weighted by atomic mass is 10.0. The van der Waals surface area contributed by atoms with Crippen molar-refractivity contribution in [3.05, 3.63) is 53.6 Å². The Labute approximate surface area is 163 Å². The first-order chi connectivity index (χ1) is 13.1. The molecule has 1 aliphatic heterocycles. The van der Waals surface area contributed by atoms with Gasteiger partial charge in [0.25, 0.3) is 0 Å². The van der Waals surface area contributed by atoms with Gasteiger partial charge < -0.3 is 15.2 Å². The average Bonchev–Trinajstić information content (AvgIpc) is 2.70. The Morgan fingerprint density at radius 1 is 1.15 bits per heavy atom. The molecule has 1 aliphatic rings. The van der Waals surface area contributed by atoms with Crippen LogP contribution in [0.5, 0.6) is 11.5 Å². The summed E-state index contributed by atoms with van der Waals surface area (Å²) < 4.78 is 10.7. The van der Waals surface area contributed by atoms with Gasteiger partial charge in [0.15, 0.2) is 11.5 Å². The molecule has 0 radical (unpaired) electrons. The van der Waals surface area contributed by atoms with E-state index in [0.717, 1.165) is 23.3 Å². The van der Waals surface area contributed by atoms with Crippen molar-refractivity contribution in [1.82, 2.24) is 5.01 Å². The third kappa shape index (κ3) is 4.03. The molecule has 0 bridgehead atoms. The Hall–Kier alpha value is -2.67. The van der Waals surface area contributed by atoms with Crippen molar-refractivity contribution >= 4 is 28.4 Å². The number of carbonyl (C=O) groups is 1. The summed E-state index contributed by atoms with van der Waals surface area (Å²) in [4.78, 5) is 12.6. The smallest absolute Gasteiger partial charge is 0.302 e. The number of benzene rings is 2. The number of amides is 1. The summed E-state index contributed by atoms with van der Waals surface area (Å²) in [5, 5.41) is 6.07. The van der Waals surface area contributed by atoms with Gasteiger partial charge in [0.2, 0.25) is 0 Å². The standard InChI is InChI=1S/C20H23N3O3S/c1-4-18-19(13-9-10-16(25-2)17(11-13)26-3)22-23(20(24)27-18)12-14-7-5-6-8-15(14)21/h5-11,18H,4,12,21H2,1-3H3. The minimum Gasteiger partial charge on any atom is -0.493 e. The Kier molecular flexibility index (Phi) is 5.91. The number of anilines is 1. The molecular formula is C20H23N3O3S. The number of nitrogens with two attached hydrogens (primary N) is 1. The zero-order valence-electron chi connectivity index (χ0n) is 15.6. The van der Waals surface area contributed by atoms with Crippen molar-refractivity contribution in [2.75, 3.05) is 20.0 Å². The predicted octanol–water partition coefficient (Wildman–Crippen LogP) is 4.14. The Morgan fingerprint density at radius 2 is 1.89 bits per heavy atom. The van der Waals surface area contributed by atoms with E-state index in [2.05, 4.69) is 5.10 Å². The number of ether oxygens (including phenoxy) is 2. The van der Waals surface area contributed by atoms with Crippen LogP contribution in [-0.2, 0) is 6.54 Å². The number of hydrogen-bond acceptors (Lipinski definition) is 6. The fourth-order valence-electron chi connectivity index (χ4n) is 2.93. The third-order valence-corrected chi connectivity index (χ3v) is 5.67. The van der Waals surface area contributed by atoms with E-state index >= 15 is 0 Å². The number of nitrogens with zero attached hydrogens (tertiary/aromatic N) is 2. The molecule has 0 spiro atoms. The van der Waals surface area contributed by atoms with Crippen LogP contribution in [0.15, 0.2) is 47.6 Å². The van der Waals surface area contributed by atoms with E-state index in [4.69, 9.17) is 15.2 Å². The van der Waals surface area contributed by atoms with Gasteiger partial charge in [-0.05, 0) is 36.2 Å². The van der Waals surface area contributed by atoms with Crippen molar-refractivity contribution in [1.29, 1.82) is 0 Å². The van der Waals surface area contributed by atoms with Gasteiger partial charge in [-0.1, -0.05) is 36.9 Å². The number of methoxy groups -OCH3 is 2. The molecule has 3 rings (SSSR count). The molecule has 1 atom stereocenters. The lowest BCUT2D eigenvalue weighted by Crippen LogP contribution is -2.35. The number of hydrazone groups is 1. The summed E-state index contributed by atoms with van der Waals surface area (Å²) in [6, 6.07) is 13.2. The maximum absolute atomic E-state index is 12.6. The zero-order valence-corrected chi connectivity index (χ0v) is 16.5. The molecule has 27 heavy (non-hydrogen) atoms. The number of rotatable bonds is 6. The number of para-hydroxylation sites is 1. The molecule has 142 valence electrons. The topological polar surface area (TPSA) is 77.2 Å². The van der Waals surface area contributed by atoms with E-state index in [1.54, 1.807) is 14.2 Å². The molecule has 0 aromatic heterocycles. The molecule has 0 fully saturated rings. The van der Waals surface area contributed by atoms with Crippen molar-refractivity contribution < 1.29 is 14.3 Å². The van der Waals surface area contributed by atoms with Crippen LogP contribution in [0.25, 0.3) is 0 Å². The summed E-state index contributed by atoms with van der Waals surface area (Å²) in [7, 11) is 3.20. The van der Waals surface area contributed by atoms with Crippen LogP contribution < -0.4 is 15.2 Å². The van der Waals surface area contributed by atoms with Crippen molar-refractivity contribution in [3.63, 3.8) is 0 Å². The monoisotopic (exact) mass is 385 g/mol. The summed E-state index contributed by atoms with van der Waals surface area (Å²) in [6.07, 6.45) is 0.797. The first-order valence-corrected chi connectivity index (χ1v) is 9.57. The fraction of sp³-hybridized carbons (Fsp3) is 0.300. The van der Waals surface area contributed by atoms with E-state index in [-0.39, 0.29) is 10.5 Å². The highest BCUT2D eigenvalue weighted by Crippen LogP contribution is 2.33. The van der Waals surface area contributed by atoms with Gasteiger partial charge in [-0.3, -0.25) is 4.79 Å². The van der Waals surface area contributed by atoms with E-state index < -0.39 is 0 Å². The number of hydrogen-bond donors (Lipinski definition) is 1. The summed E-state index contributed by atoms with van der Waals surface area (Å²) >= 11 is 1.29. The van der Waals surface area contributed by atoms with E-state index in [1.807, 2.05) is 49.4 Å². The van der Waals surface area contributed by atoms with Crippen LogP contribution in [0.3, 0.4) is 0 Å². The highest BCUT2D eigenvalue weighted by atomic mass is 32.2. The molecule has 1 heterocycles. The Balaban J connectivity index is 1.98. The first-order valence-electron chi connectivity index (χ1n) is 8.69. The molecule has 0 saturated heterocycles.